The van der Waals surface area contributed by atoms with Gasteiger partial charge in [0.25, 0.3) is 0 Å². The minimum absolute atomic E-state index is 0.288. The van der Waals surface area contributed by atoms with Crippen molar-refractivity contribution in [3.63, 3.8) is 0 Å². The second-order valence-corrected chi connectivity index (χ2v) is 5.51. The number of methoxy groups -OCH3 is 1. The third-order valence-electron chi connectivity index (χ3n) is 2.79. The number of anilines is 2. The summed E-state index contributed by atoms with van der Waals surface area (Å²) in [7, 11) is 1.58. The molecule has 4 nitrogen and oxygen atoms in total. The monoisotopic (exact) mass is 302 g/mol. The van der Waals surface area contributed by atoms with Gasteiger partial charge in [0.15, 0.2) is 0 Å². The SMILES string of the molecule is CCSc1ccccc1NC(=O)Nc1ccccc1OC. The number of ether oxygens (including phenoxy) is 1. The molecule has 0 aliphatic heterocycles. The van der Waals surface area contributed by atoms with Crippen LogP contribution in [-0.2, 0) is 0 Å². The Labute approximate surface area is 128 Å². The molecule has 0 unspecified atom stereocenters. The van der Waals surface area contributed by atoms with Crippen molar-refractivity contribution < 1.29 is 9.53 Å². The highest BCUT2D eigenvalue weighted by Crippen LogP contribution is 2.27. The third-order valence-corrected chi connectivity index (χ3v) is 3.75. The highest BCUT2D eigenvalue weighted by atomic mass is 32.2. The standard InChI is InChI=1S/C16H18N2O2S/c1-3-21-15-11-7-5-9-13(15)18-16(19)17-12-8-4-6-10-14(12)20-2/h4-11H,3H2,1-2H3,(H2,17,18,19). The molecule has 21 heavy (non-hydrogen) atoms. The van der Waals surface area contributed by atoms with E-state index in [-0.39, 0.29) is 6.03 Å². The quantitative estimate of drug-likeness (QED) is 0.802. The lowest BCUT2D eigenvalue weighted by molar-refractivity contribution is 0.262. The lowest BCUT2D eigenvalue weighted by atomic mass is 10.3. The number of carbonyl (C=O) groups is 1. The van der Waals surface area contributed by atoms with Crippen molar-refractivity contribution in [3.05, 3.63) is 48.5 Å². The number of nitrogens with one attached hydrogen (secondary N) is 2. The van der Waals surface area contributed by atoms with Crippen molar-refractivity contribution in [2.24, 2.45) is 0 Å². The van der Waals surface area contributed by atoms with E-state index >= 15 is 0 Å². The summed E-state index contributed by atoms with van der Waals surface area (Å²) < 4.78 is 5.21. The zero-order chi connectivity index (χ0) is 15.1. The lowest BCUT2D eigenvalue weighted by Crippen LogP contribution is -2.20. The van der Waals surface area contributed by atoms with Gasteiger partial charge >= 0.3 is 6.03 Å². The van der Waals surface area contributed by atoms with Crippen molar-refractivity contribution >= 4 is 29.2 Å². The van der Waals surface area contributed by atoms with Gasteiger partial charge in [-0.15, -0.1) is 11.8 Å². The number of thioether (sulfide) groups is 1. The first-order valence-corrected chi connectivity index (χ1v) is 7.66. The maximum Gasteiger partial charge on any atom is 0.323 e. The van der Waals surface area contributed by atoms with Gasteiger partial charge < -0.3 is 15.4 Å². The van der Waals surface area contributed by atoms with Crippen LogP contribution >= 0.6 is 11.8 Å². The van der Waals surface area contributed by atoms with Gasteiger partial charge in [-0.05, 0) is 30.0 Å². The number of para-hydroxylation sites is 3. The van der Waals surface area contributed by atoms with Crippen LogP contribution in [0.25, 0.3) is 0 Å². The molecule has 0 bridgehead atoms. The highest BCUT2D eigenvalue weighted by molar-refractivity contribution is 7.99. The second kappa shape index (κ2) is 7.59. The van der Waals surface area contributed by atoms with E-state index in [9.17, 15) is 4.79 Å². The molecule has 2 aromatic carbocycles. The molecule has 0 aliphatic rings. The summed E-state index contributed by atoms with van der Waals surface area (Å²) in [6.07, 6.45) is 0. The number of amides is 2. The number of urea groups is 1. The Kier molecular flexibility index (Phi) is 5.51. The zero-order valence-electron chi connectivity index (χ0n) is 12.1. The Hall–Kier alpha value is -2.14. The fourth-order valence-corrected chi connectivity index (χ4v) is 2.64. The molecule has 2 N–H and O–H groups in total. The van der Waals surface area contributed by atoms with Crippen molar-refractivity contribution in [1.82, 2.24) is 0 Å². The molecular weight excluding hydrogens is 284 g/mol. The fourth-order valence-electron chi connectivity index (χ4n) is 1.88. The zero-order valence-corrected chi connectivity index (χ0v) is 12.9. The first-order chi connectivity index (χ1) is 10.2. The van der Waals surface area contributed by atoms with Gasteiger partial charge in [-0.1, -0.05) is 31.2 Å². The summed E-state index contributed by atoms with van der Waals surface area (Å²) in [4.78, 5) is 13.2. The average Bonchev–Trinajstić information content (AvgIpc) is 2.50. The van der Waals surface area contributed by atoms with Gasteiger partial charge in [0.05, 0.1) is 18.5 Å². The molecule has 0 saturated carbocycles. The van der Waals surface area contributed by atoms with Crippen LogP contribution in [0.15, 0.2) is 53.4 Å². The molecule has 0 fully saturated rings. The number of hydrogen-bond donors (Lipinski definition) is 2. The van der Waals surface area contributed by atoms with Crippen LogP contribution in [0, 0.1) is 0 Å². The summed E-state index contributed by atoms with van der Waals surface area (Å²) in [6.45, 7) is 2.08. The highest BCUT2D eigenvalue weighted by Gasteiger charge is 2.09. The summed E-state index contributed by atoms with van der Waals surface area (Å²) >= 11 is 1.69. The first-order valence-electron chi connectivity index (χ1n) is 6.67. The molecule has 5 heteroatoms. The number of carbonyl (C=O) groups excluding carboxylic acids is 1. The molecule has 0 saturated heterocycles. The maximum absolute atomic E-state index is 12.1. The Morgan fingerprint density at radius 3 is 2.38 bits per heavy atom. The molecule has 0 heterocycles. The predicted molar refractivity (Wildman–Crippen MR) is 88.5 cm³/mol. The van der Waals surface area contributed by atoms with E-state index < -0.39 is 0 Å². The summed E-state index contributed by atoms with van der Waals surface area (Å²) in [6, 6.07) is 14.8. The van der Waals surface area contributed by atoms with Gasteiger partial charge in [-0.3, -0.25) is 0 Å². The molecule has 2 aromatic rings. The van der Waals surface area contributed by atoms with Gasteiger partial charge in [-0.2, -0.15) is 0 Å². The van der Waals surface area contributed by atoms with Crippen LogP contribution in [0.3, 0.4) is 0 Å². The fraction of sp³-hybridized carbons (Fsp3) is 0.188. The number of hydrogen-bond acceptors (Lipinski definition) is 3. The van der Waals surface area contributed by atoms with Gasteiger partial charge in [0.2, 0.25) is 0 Å². The van der Waals surface area contributed by atoms with Crippen LogP contribution in [0.4, 0.5) is 16.2 Å². The van der Waals surface area contributed by atoms with Crippen LogP contribution < -0.4 is 15.4 Å². The normalized spacial score (nSPS) is 10.0. The number of rotatable bonds is 5. The first kappa shape index (κ1) is 15.3. The molecule has 0 spiro atoms. The van der Waals surface area contributed by atoms with Crippen LogP contribution in [0.2, 0.25) is 0 Å². The van der Waals surface area contributed by atoms with E-state index in [1.807, 2.05) is 36.4 Å². The van der Waals surface area contributed by atoms with Crippen molar-refractivity contribution in [2.75, 3.05) is 23.5 Å². The summed E-state index contributed by atoms with van der Waals surface area (Å²) in [5, 5.41) is 5.66. The molecule has 0 atom stereocenters. The molecule has 2 rings (SSSR count). The van der Waals surface area contributed by atoms with E-state index in [1.54, 1.807) is 31.0 Å². The summed E-state index contributed by atoms with van der Waals surface area (Å²) in [5.41, 5.74) is 1.44. The van der Waals surface area contributed by atoms with E-state index in [4.69, 9.17) is 4.74 Å². The molecule has 110 valence electrons. The minimum Gasteiger partial charge on any atom is -0.495 e. The lowest BCUT2D eigenvalue weighted by Gasteiger charge is -2.13. The van der Waals surface area contributed by atoms with E-state index in [0.717, 1.165) is 16.3 Å². The average molecular weight is 302 g/mol. The predicted octanol–water partition coefficient (Wildman–Crippen LogP) is 4.45. The Bertz CT molecular complexity index is 617. The van der Waals surface area contributed by atoms with Gasteiger partial charge in [0, 0.05) is 4.90 Å². The Morgan fingerprint density at radius 2 is 1.67 bits per heavy atom. The minimum atomic E-state index is -0.288. The molecule has 2 amide bonds. The Morgan fingerprint density at radius 1 is 1.05 bits per heavy atom. The summed E-state index contributed by atoms with van der Waals surface area (Å²) in [5.74, 6) is 1.58. The van der Waals surface area contributed by atoms with Crippen molar-refractivity contribution in [1.29, 1.82) is 0 Å². The number of benzene rings is 2. The molecule has 0 aromatic heterocycles. The molecule has 0 radical (unpaired) electrons. The largest absolute Gasteiger partial charge is 0.495 e. The molecule has 0 aliphatic carbocycles. The Balaban J connectivity index is 2.08. The van der Waals surface area contributed by atoms with E-state index in [2.05, 4.69) is 17.6 Å². The van der Waals surface area contributed by atoms with E-state index in [0.29, 0.717) is 11.4 Å². The topological polar surface area (TPSA) is 50.4 Å². The van der Waals surface area contributed by atoms with Gasteiger partial charge in [0.1, 0.15) is 5.75 Å². The van der Waals surface area contributed by atoms with Crippen LogP contribution in [-0.4, -0.2) is 18.9 Å². The molecular formula is C16H18N2O2S. The second-order valence-electron chi connectivity index (χ2n) is 4.21. The van der Waals surface area contributed by atoms with Gasteiger partial charge in [-0.25, -0.2) is 4.79 Å². The smallest absolute Gasteiger partial charge is 0.323 e. The van der Waals surface area contributed by atoms with Crippen molar-refractivity contribution in [3.8, 4) is 5.75 Å². The van der Waals surface area contributed by atoms with Crippen LogP contribution in [0.1, 0.15) is 6.92 Å². The third kappa shape index (κ3) is 4.16. The maximum atomic E-state index is 12.1. The van der Waals surface area contributed by atoms with Crippen molar-refractivity contribution in [2.45, 2.75) is 11.8 Å². The van der Waals surface area contributed by atoms with Crippen LogP contribution in [0.5, 0.6) is 5.75 Å². The van der Waals surface area contributed by atoms with E-state index in [1.165, 1.54) is 0 Å².